The Morgan fingerprint density at radius 3 is 2.93 bits per heavy atom. The molecule has 0 aromatic heterocycles. The van der Waals surface area contributed by atoms with Gasteiger partial charge in [0.2, 0.25) is 0 Å². The van der Waals surface area contributed by atoms with Crippen molar-refractivity contribution in [1.29, 1.82) is 0 Å². The maximum atomic E-state index is 9.42. The van der Waals surface area contributed by atoms with Gasteiger partial charge in [-0.25, -0.2) is 0 Å². The van der Waals surface area contributed by atoms with E-state index in [4.69, 9.17) is 5.73 Å². The first-order valence-electron chi connectivity index (χ1n) is 5.09. The fourth-order valence-electron chi connectivity index (χ4n) is 1.89. The van der Waals surface area contributed by atoms with Crippen LogP contribution in [-0.4, -0.2) is 29.2 Å². The molecule has 1 aliphatic rings. The smallest absolute Gasteiger partial charge is 0.0679 e. The molecule has 3 N–H and O–H groups in total. The van der Waals surface area contributed by atoms with Crippen molar-refractivity contribution in [1.82, 2.24) is 4.90 Å². The van der Waals surface area contributed by atoms with Crippen molar-refractivity contribution in [2.75, 3.05) is 18.8 Å². The molecular weight excluding hydrogens is 256 g/mol. The van der Waals surface area contributed by atoms with Crippen molar-refractivity contribution in [3.05, 3.63) is 28.2 Å². The van der Waals surface area contributed by atoms with E-state index in [9.17, 15) is 5.11 Å². The number of hydrogen-bond donors (Lipinski definition) is 2. The number of aliphatic hydroxyl groups is 1. The van der Waals surface area contributed by atoms with Gasteiger partial charge in [-0.15, -0.1) is 0 Å². The fraction of sp³-hybridized carbons (Fsp3) is 0.455. The van der Waals surface area contributed by atoms with Crippen LogP contribution in [0.2, 0.25) is 0 Å². The zero-order chi connectivity index (χ0) is 10.8. The number of aliphatic hydroxyl groups excluding tert-OH is 1. The molecule has 3 nitrogen and oxygen atoms in total. The monoisotopic (exact) mass is 270 g/mol. The third kappa shape index (κ3) is 2.71. The molecule has 0 spiro atoms. The van der Waals surface area contributed by atoms with Crippen molar-refractivity contribution in [3.8, 4) is 0 Å². The number of rotatable bonds is 2. The highest BCUT2D eigenvalue weighted by Crippen LogP contribution is 2.22. The van der Waals surface area contributed by atoms with E-state index < -0.39 is 0 Å². The number of benzene rings is 1. The molecule has 82 valence electrons. The molecule has 1 saturated heterocycles. The molecule has 1 atom stereocenters. The Kier molecular flexibility index (Phi) is 3.29. The Balaban J connectivity index is 2.04. The van der Waals surface area contributed by atoms with Gasteiger partial charge in [0.25, 0.3) is 0 Å². The normalized spacial score (nSPS) is 22.1. The number of likely N-dealkylation sites (tertiary alicyclic amines) is 1. The number of halogens is 1. The van der Waals surface area contributed by atoms with Gasteiger partial charge in [-0.05, 0) is 24.1 Å². The number of nitrogen functional groups attached to an aromatic ring is 1. The molecule has 1 unspecified atom stereocenters. The summed E-state index contributed by atoms with van der Waals surface area (Å²) in [5, 5.41) is 9.42. The highest BCUT2D eigenvalue weighted by Gasteiger charge is 2.20. The van der Waals surface area contributed by atoms with Crippen LogP contribution in [0.15, 0.2) is 22.7 Å². The van der Waals surface area contributed by atoms with Crippen LogP contribution in [0.1, 0.15) is 12.0 Å². The summed E-state index contributed by atoms with van der Waals surface area (Å²) >= 11 is 3.50. The third-order valence-corrected chi connectivity index (χ3v) is 3.46. The SMILES string of the molecule is Nc1ccc(CN2CCC(O)C2)c(Br)c1. The quantitative estimate of drug-likeness (QED) is 0.803. The van der Waals surface area contributed by atoms with Crippen molar-refractivity contribution in [2.45, 2.75) is 19.1 Å². The van der Waals surface area contributed by atoms with Gasteiger partial charge in [0, 0.05) is 29.8 Å². The van der Waals surface area contributed by atoms with Crippen LogP contribution in [0, 0.1) is 0 Å². The summed E-state index contributed by atoms with van der Waals surface area (Å²) in [5.41, 5.74) is 7.67. The summed E-state index contributed by atoms with van der Waals surface area (Å²) in [6.07, 6.45) is 0.726. The lowest BCUT2D eigenvalue weighted by molar-refractivity contribution is 0.174. The lowest BCUT2D eigenvalue weighted by atomic mass is 10.2. The molecule has 4 heteroatoms. The van der Waals surface area contributed by atoms with Crippen LogP contribution in [0.3, 0.4) is 0 Å². The maximum Gasteiger partial charge on any atom is 0.0679 e. The summed E-state index contributed by atoms with van der Waals surface area (Å²) in [7, 11) is 0. The van der Waals surface area contributed by atoms with Gasteiger partial charge in [-0.3, -0.25) is 4.90 Å². The Hall–Kier alpha value is -0.580. The molecule has 15 heavy (non-hydrogen) atoms. The predicted molar refractivity (Wildman–Crippen MR) is 64.5 cm³/mol. The van der Waals surface area contributed by atoms with Crippen LogP contribution in [0.25, 0.3) is 0 Å². The topological polar surface area (TPSA) is 49.5 Å². The first-order chi connectivity index (χ1) is 7.15. The molecular formula is C11H15BrN2O. The number of β-amino-alcohol motifs (C(OH)–C–C–N with tert-alkyl or cyclic N) is 1. The molecule has 1 aliphatic heterocycles. The third-order valence-electron chi connectivity index (χ3n) is 2.72. The van der Waals surface area contributed by atoms with Crippen molar-refractivity contribution >= 4 is 21.6 Å². The molecule has 1 fully saturated rings. The molecule has 1 aromatic rings. The average Bonchev–Trinajstić information content (AvgIpc) is 2.56. The van der Waals surface area contributed by atoms with E-state index in [2.05, 4.69) is 20.8 Å². The second kappa shape index (κ2) is 4.51. The summed E-state index contributed by atoms with van der Waals surface area (Å²) in [4.78, 5) is 2.25. The molecule has 1 heterocycles. The van der Waals surface area contributed by atoms with Gasteiger partial charge < -0.3 is 10.8 Å². The van der Waals surface area contributed by atoms with Crippen LogP contribution < -0.4 is 5.73 Å². The molecule has 0 radical (unpaired) electrons. The van der Waals surface area contributed by atoms with Gasteiger partial charge in [0.05, 0.1) is 6.10 Å². The van der Waals surface area contributed by atoms with E-state index in [-0.39, 0.29) is 6.10 Å². The Bertz CT molecular complexity index is 356. The average molecular weight is 271 g/mol. The van der Waals surface area contributed by atoms with E-state index in [1.807, 2.05) is 18.2 Å². The van der Waals surface area contributed by atoms with E-state index in [0.29, 0.717) is 0 Å². The minimum atomic E-state index is -0.155. The standard InChI is InChI=1S/C11H15BrN2O/c12-11-5-9(13)2-1-8(11)6-14-4-3-10(15)7-14/h1-2,5,10,15H,3-4,6-7,13H2. The summed E-state index contributed by atoms with van der Waals surface area (Å²) in [6, 6.07) is 5.86. The van der Waals surface area contributed by atoms with Crippen LogP contribution in [0.5, 0.6) is 0 Å². The summed E-state index contributed by atoms with van der Waals surface area (Å²) in [5.74, 6) is 0. The van der Waals surface area contributed by atoms with Crippen LogP contribution >= 0.6 is 15.9 Å². The van der Waals surface area contributed by atoms with E-state index in [1.165, 1.54) is 5.56 Å². The van der Waals surface area contributed by atoms with E-state index in [1.54, 1.807) is 0 Å². The van der Waals surface area contributed by atoms with Gasteiger partial charge >= 0.3 is 0 Å². The second-order valence-electron chi connectivity index (χ2n) is 4.03. The zero-order valence-corrected chi connectivity index (χ0v) is 10.1. The lowest BCUT2D eigenvalue weighted by Crippen LogP contribution is -2.21. The molecule has 0 aliphatic carbocycles. The van der Waals surface area contributed by atoms with Gasteiger partial charge in [0.15, 0.2) is 0 Å². The van der Waals surface area contributed by atoms with E-state index in [0.717, 1.165) is 36.2 Å². The van der Waals surface area contributed by atoms with Crippen molar-refractivity contribution in [2.24, 2.45) is 0 Å². The van der Waals surface area contributed by atoms with Crippen molar-refractivity contribution in [3.63, 3.8) is 0 Å². The number of hydrogen-bond acceptors (Lipinski definition) is 3. The largest absolute Gasteiger partial charge is 0.399 e. The molecule has 2 rings (SSSR count). The number of anilines is 1. The van der Waals surface area contributed by atoms with Gasteiger partial charge in [-0.1, -0.05) is 22.0 Å². The molecule has 0 bridgehead atoms. The molecule has 0 saturated carbocycles. The Labute approximate surface area is 98.0 Å². The number of nitrogens with two attached hydrogens (primary N) is 1. The van der Waals surface area contributed by atoms with Gasteiger partial charge in [0.1, 0.15) is 0 Å². The van der Waals surface area contributed by atoms with Crippen molar-refractivity contribution < 1.29 is 5.11 Å². The first kappa shape index (κ1) is 10.9. The number of nitrogens with zero attached hydrogens (tertiary/aromatic N) is 1. The minimum absolute atomic E-state index is 0.155. The summed E-state index contributed by atoms with van der Waals surface area (Å²) in [6.45, 7) is 2.62. The van der Waals surface area contributed by atoms with Crippen LogP contribution in [0.4, 0.5) is 5.69 Å². The van der Waals surface area contributed by atoms with E-state index >= 15 is 0 Å². The highest BCUT2D eigenvalue weighted by molar-refractivity contribution is 9.10. The highest BCUT2D eigenvalue weighted by atomic mass is 79.9. The molecule has 0 amide bonds. The maximum absolute atomic E-state index is 9.42. The molecule has 1 aromatic carbocycles. The Morgan fingerprint density at radius 1 is 1.53 bits per heavy atom. The summed E-state index contributed by atoms with van der Waals surface area (Å²) < 4.78 is 1.05. The minimum Gasteiger partial charge on any atom is -0.399 e. The zero-order valence-electron chi connectivity index (χ0n) is 8.49. The second-order valence-corrected chi connectivity index (χ2v) is 4.88. The first-order valence-corrected chi connectivity index (χ1v) is 5.89. The fourth-order valence-corrected chi connectivity index (χ4v) is 2.41. The van der Waals surface area contributed by atoms with Gasteiger partial charge in [-0.2, -0.15) is 0 Å². The lowest BCUT2D eigenvalue weighted by Gasteiger charge is -2.16. The van der Waals surface area contributed by atoms with Crippen LogP contribution in [-0.2, 0) is 6.54 Å². The predicted octanol–water partition coefficient (Wildman–Crippen LogP) is 1.60. The Morgan fingerprint density at radius 2 is 2.33 bits per heavy atom.